The Hall–Kier alpha value is -2.11. The summed E-state index contributed by atoms with van der Waals surface area (Å²) >= 11 is 11.9. The number of carbonyl (C=O) groups is 1. The number of hydrogen-bond donors (Lipinski definition) is 0. The highest BCUT2D eigenvalue weighted by atomic mass is 35.5. The van der Waals surface area contributed by atoms with Gasteiger partial charge < -0.3 is 19.1 Å². The van der Waals surface area contributed by atoms with E-state index in [1.54, 1.807) is 50.4 Å². The highest BCUT2D eigenvalue weighted by molar-refractivity contribution is 6.35. The lowest BCUT2D eigenvalue weighted by atomic mass is 10.1. The Morgan fingerprint density at radius 2 is 1.81 bits per heavy atom. The molecule has 0 radical (unpaired) electrons. The molecule has 27 heavy (non-hydrogen) atoms. The molecule has 0 saturated carbocycles. The molecule has 7 heteroatoms. The molecule has 1 amide bonds. The molecule has 0 spiro atoms. The third-order valence-electron chi connectivity index (χ3n) is 4.01. The van der Waals surface area contributed by atoms with E-state index in [1.807, 2.05) is 12.1 Å². The monoisotopic (exact) mass is 411 g/mol. The molecule has 0 aliphatic heterocycles. The number of nitrogens with zero attached hydrogens (tertiary/aromatic N) is 1. The lowest BCUT2D eigenvalue weighted by Crippen LogP contribution is -2.26. The summed E-state index contributed by atoms with van der Waals surface area (Å²) in [5.74, 6) is 1.99. The molecule has 0 saturated heterocycles. The number of methoxy groups -OCH3 is 2. The van der Waals surface area contributed by atoms with Gasteiger partial charge in [-0.15, -0.1) is 0 Å². The topological polar surface area (TPSA) is 48.0 Å². The van der Waals surface area contributed by atoms with E-state index in [2.05, 4.69) is 0 Å². The fourth-order valence-electron chi connectivity index (χ4n) is 2.51. The average molecular weight is 412 g/mol. The molecule has 0 unspecified atom stereocenters. The molecule has 2 aromatic rings. The van der Waals surface area contributed by atoms with Crippen molar-refractivity contribution in [1.29, 1.82) is 0 Å². The van der Waals surface area contributed by atoms with Crippen molar-refractivity contribution in [1.82, 2.24) is 4.90 Å². The Morgan fingerprint density at radius 1 is 1.04 bits per heavy atom. The molecule has 0 N–H and O–H groups in total. The standard InChI is InChI=1S/C20H23Cl2NO4/c1-23(13-14-6-8-16(25-2)12-19(14)26-3)20(24)5-4-10-27-18-9-7-15(21)11-17(18)22/h6-9,11-12H,4-5,10,13H2,1-3H3. The first-order chi connectivity index (χ1) is 12.9. The molecule has 0 atom stereocenters. The maximum atomic E-state index is 12.4. The van der Waals surface area contributed by atoms with Gasteiger partial charge in [-0.1, -0.05) is 23.2 Å². The minimum Gasteiger partial charge on any atom is -0.497 e. The Kier molecular flexibility index (Phi) is 8.07. The van der Waals surface area contributed by atoms with Crippen LogP contribution in [0.5, 0.6) is 17.2 Å². The summed E-state index contributed by atoms with van der Waals surface area (Å²) in [4.78, 5) is 14.0. The largest absolute Gasteiger partial charge is 0.497 e. The second kappa shape index (κ2) is 10.3. The van der Waals surface area contributed by atoms with Gasteiger partial charge in [0, 0.05) is 36.7 Å². The Morgan fingerprint density at radius 3 is 2.48 bits per heavy atom. The number of amides is 1. The van der Waals surface area contributed by atoms with E-state index in [9.17, 15) is 4.79 Å². The quantitative estimate of drug-likeness (QED) is 0.554. The first kappa shape index (κ1) is 21.2. The maximum absolute atomic E-state index is 12.4. The first-order valence-electron chi connectivity index (χ1n) is 8.47. The number of benzene rings is 2. The van der Waals surface area contributed by atoms with E-state index >= 15 is 0 Å². The van der Waals surface area contributed by atoms with Crippen LogP contribution in [-0.4, -0.2) is 38.7 Å². The molecular weight excluding hydrogens is 389 g/mol. The second-order valence-electron chi connectivity index (χ2n) is 5.95. The van der Waals surface area contributed by atoms with Crippen LogP contribution in [0.2, 0.25) is 10.0 Å². The number of carbonyl (C=O) groups excluding carboxylic acids is 1. The summed E-state index contributed by atoms with van der Waals surface area (Å²) in [6.45, 7) is 0.850. The van der Waals surface area contributed by atoms with Crippen molar-refractivity contribution in [2.75, 3.05) is 27.9 Å². The molecule has 5 nitrogen and oxygen atoms in total. The van der Waals surface area contributed by atoms with E-state index in [-0.39, 0.29) is 5.91 Å². The molecule has 0 fully saturated rings. The molecule has 2 aromatic carbocycles. The van der Waals surface area contributed by atoms with E-state index in [1.165, 1.54) is 0 Å². The predicted molar refractivity (Wildman–Crippen MR) is 107 cm³/mol. The Bertz CT molecular complexity index is 783. The van der Waals surface area contributed by atoms with Gasteiger partial charge in [-0.05, 0) is 36.8 Å². The highest BCUT2D eigenvalue weighted by Crippen LogP contribution is 2.28. The van der Waals surface area contributed by atoms with Gasteiger partial charge in [0.1, 0.15) is 17.2 Å². The van der Waals surface area contributed by atoms with E-state index < -0.39 is 0 Å². The van der Waals surface area contributed by atoms with Crippen molar-refractivity contribution >= 4 is 29.1 Å². The van der Waals surface area contributed by atoms with Crippen LogP contribution in [0.1, 0.15) is 18.4 Å². The zero-order valence-corrected chi connectivity index (χ0v) is 17.1. The summed E-state index contributed by atoms with van der Waals surface area (Å²) in [5, 5.41) is 1.01. The van der Waals surface area contributed by atoms with Gasteiger partial charge in [0.05, 0.1) is 25.8 Å². The number of ether oxygens (including phenoxy) is 3. The Balaban J connectivity index is 1.82. The maximum Gasteiger partial charge on any atom is 0.222 e. The fourth-order valence-corrected chi connectivity index (χ4v) is 2.98. The normalized spacial score (nSPS) is 10.4. The lowest BCUT2D eigenvalue weighted by Gasteiger charge is -2.19. The molecule has 0 heterocycles. The van der Waals surface area contributed by atoms with Gasteiger partial charge in [-0.3, -0.25) is 4.79 Å². The zero-order chi connectivity index (χ0) is 19.8. The van der Waals surface area contributed by atoms with Gasteiger partial charge in [0.15, 0.2) is 0 Å². The third kappa shape index (κ3) is 6.22. The highest BCUT2D eigenvalue weighted by Gasteiger charge is 2.13. The summed E-state index contributed by atoms with van der Waals surface area (Å²) < 4.78 is 16.2. The van der Waals surface area contributed by atoms with Gasteiger partial charge in [0.25, 0.3) is 0 Å². The third-order valence-corrected chi connectivity index (χ3v) is 4.54. The zero-order valence-electron chi connectivity index (χ0n) is 15.6. The van der Waals surface area contributed by atoms with Crippen molar-refractivity contribution in [2.45, 2.75) is 19.4 Å². The molecule has 146 valence electrons. The van der Waals surface area contributed by atoms with Gasteiger partial charge >= 0.3 is 0 Å². The number of hydrogen-bond acceptors (Lipinski definition) is 4. The van der Waals surface area contributed by atoms with Gasteiger partial charge in [-0.2, -0.15) is 0 Å². The molecule has 0 aliphatic carbocycles. The number of rotatable bonds is 9. The summed E-state index contributed by atoms with van der Waals surface area (Å²) in [6.07, 6.45) is 0.960. The molecule has 0 aliphatic rings. The van der Waals surface area contributed by atoms with Crippen molar-refractivity contribution in [3.05, 3.63) is 52.0 Å². The molecule has 0 bridgehead atoms. The van der Waals surface area contributed by atoms with Crippen LogP contribution in [-0.2, 0) is 11.3 Å². The minimum absolute atomic E-state index is 0.0266. The summed E-state index contributed by atoms with van der Waals surface area (Å²) in [7, 11) is 4.96. The van der Waals surface area contributed by atoms with Crippen molar-refractivity contribution in [3.63, 3.8) is 0 Å². The van der Waals surface area contributed by atoms with E-state index in [4.69, 9.17) is 37.4 Å². The van der Waals surface area contributed by atoms with Gasteiger partial charge in [0.2, 0.25) is 5.91 Å². The molecule has 0 aromatic heterocycles. The SMILES string of the molecule is COc1ccc(CN(C)C(=O)CCCOc2ccc(Cl)cc2Cl)c(OC)c1. The molecular formula is C20H23Cl2NO4. The van der Waals surface area contributed by atoms with Crippen LogP contribution in [0.15, 0.2) is 36.4 Å². The van der Waals surface area contributed by atoms with Gasteiger partial charge in [-0.25, -0.2) is 0 Å². The average Bonchev–Trinajstić information content (AvgIpc) is 2.66. The second-order valence-corrected chi connectivity index (χ2v) is 6.80. The van der Waals surface area contributed by atoms with Crippen LogP contribution >= 0.6 is 23.2 Å². The summed E-state index contributed by atoms with van der Waals surface area (Å²) in [6, 6.07) is 10.6. The van der Waals surface area contributed by atoms with Crippen LogP contribution in [0.25, 0.3) is 0 Å². The first-order valence-corrected chi connectivity index (χ1v) is 9.23. The lowest BCUT2D eigenvalue weighted by molar-refractivity contribution is -0.130. The minimum atomic E-state index is 0.0266. The van der Waals surface area contributed by atoms with E-state index in [0.29, 0.717) is 53.3 Å². The Labute approximate surface area is 169 Å². The van der Waals surface area contributed by atoms with Crippen LogP contribution in [0.4, 0.5) is 0 Å². The molecule has 2 rings (SSSR count). The fraction of sp³-hybridized carbons (Fsp3) is 0.350. The van der Waals surface area contributed by atoms with Crippen molar-refractivity contribution in [3.8, 4) is 17.2 Å². The van der Waals surface area contributed by atoms with Crippen LogP contribution in [0, 0.1) is 0 Å². The smallest absolute Gasteiger partial charge is 0.222 e. The predicted octanol–water partition coefficient (Wildman–Crippen LogP) is 4.83. The van der Waals surface area contributed by atoms with Crippen molar-refractivity contribution < 1.29 is 19.0 Å². The van der Waals surface area contributed by atoms with Crippen LogP contribution in [0.3, 0.4) is 0 Å². The summed E-state index contributed by atoms with van der Waals surface area (Å²) in [5.41, 5.74) is 0.915. The van der Waals surface area contributed by atoms with Crippen molar-refractivity contribution in [2.24, 2.45) is 0 Å². The van der Waals surface area contributed by atoms with Crippen LogP contribution < -0.4 is 14.2 Å². The van der Waals surface area contributed by atoms with E-state index in [0.717, 1.165) is 5.56 Å². The number of halogens is 2.